The summed E-state index contributed by atoms with van der Waals surface area (Å²) in [5.41, 5.74) is 2.40. The van der Waals surface area contributed by atoms with Crippen LogP contribution in [0.1, 0.15) is 64.3 Å². The highest BCUT2D eigenvalue weighted by Gasteiger charge is 2.32. The highest BCUT2D eigenvalue weighted by atomic mass is 19.1. The smallest absolute Gasteiger partial charge is 0.410 e. The number of fused-ring (bicyclic) bond motifs is 1. The number of hydrogen-bond acceptors (Lipinski definition) is 7. The number of rotatable bonds is 4. The molecule has 228 valence electrons. The minimum absolute atomic E-state index is 0.00287. The first-order valence-electron chi connectivity index (χ1n) is 14.8. The molecule has 1 aliphatic rings. The first-order chi connectivity index (χ1) is 20.8. The summed E-state index contributed by atoms with van der Waals surface area (Å²) in [6.45, 7) is 14.5. The molecule has 44 heavy (non-hydrogen) atoms. The second-order valence-corrected chi connectivity index (χ2v) is 12.5. The second-order valence-electron chi connectivity index (χ2n) is 12.5. The lowest BCUT2D eigenvalue weighted by atomic mass is 9.96. The van der Waals surface area contributed by atoms with Gasteiger partial charge in [0.25, 0.3) is 0 Å². The number of nitrogens with zero attached hydrogens (tertiary/aromatic N) is 6. The van der Waals surface area contributed by atoms with Crippen molar-refractivity contribution >= 4 is 22.8 Å². The van der Waals surface area contributed by atoms with E-state index in [0.29, 0.717) is 47.6 Å². The minimum atomic E-state index is -0.622. The summed E-state index contributed by atoms with van der Waals surface area (Å²) < 4.78 is 22.2. The van der Waals surface area contributed by atoms with Crippen molar-refractivity contribution in [2.45, 2.75) is 66.0 Å². The molecule has 4 aromatic rings. The van der Waals surface area contributed by atoms with Gasteiger partial charge in [0.1, 0.15) is 17.2 Å². The van der Waals surface area contributed by atoms with E-state index in [4.69, 9.17) is 4.74 Å². The van der Waals surface area contributed by atoms with Crippen LogP contribution in [0.25, 0.3) is 27.7 Å². The normalized spacial score (nSPS) is 15.5. The number of aryl methyl sites for hydroxylation is 1. The molecule has 0 unspecified atom stereocenters. The van der Waals surface area contributed by atoms with E-state index in [-0.39, 0.29) is 23.1 Å². The molecule has 1 saturated heterocycles. The van der Waals surface area contributed by atoms with Crippen molar-refractivity contribution < 1.29 is 13.9 Å². The number of halogens is 1. The van der Waals surface area contributed by atoms with Gasteiger partial charge in [-0.15, -0.1) is 0 Å². The van der Waals surface area contributed by atoms with Crippen molar-refractivity contribution in [3.05, 3.63) is 81.8 Å². The largest absolute Gasteiger partial charge is 0.444 e. The predicted molar refractivity (Wildman–Crippen MR) is 169 cm³/mol. The fourth-order valence-corrected chi connectivity index (χ4v) is 5.74. The van der Waals surface area contributed by atoms with Crippen LogP contribution in [0.3, 0.4) is 0 Å². The third-order valence-corrected chi connectivity index (χ3v) is 7.77. The Balaban J connectivity index is 1.75. The molecule has 0 N–H and O–H groups in total. The zero-order valence-corrected chi connectivity index (χ0v) is 26.2. The SMILES string of the molecule is Cc1ccnc(C(C)C)c1-n1c(=O)nc(N2CCN(C(=O)OC(C)(C)C)C[C@@H]2C)c2cc(C#N)c(-c3ccccc3F)cc21. The zero-order valence-electron chi connectivity index (χ0n) is 26.2. The number of aromatic nitrogens is 3. The Bertz CT molecular complexity index is 1850. The molecule has 0 saturated carbocycles. The van der Waals surface area contributed by atoms with Gasteiger partial charge in [-0.1, -0.05) is 32.0 Å². The van der Waals surface area contributed by atoms with Gasteiger partial charge in [0.15, 0.2) is 0 Å². The molecule has 1 aliphatic heterocycles. The van der Waals surface area contributed by atoms with Gasteiger partial charge in [0.2, 0.25) is 0 Å². The van der Waals surface area contributed by atoms with E-state index < -0.39 is 23.2 Å². The molecule has 0 bridgehead atoms. The Kier molecular flexibility index (Phi) is 8.17. The van der Waals surface area contributed by atoms with E-state index in [1.807, 2.05) is 59.4 Å². The van der Waals surface area contributed by atoms with Crippen molar-refractivity contribution in [3.63, 3.8) is 0 Å². The average molecular weight is 597 g/mol. The first kappa shape index (κ1) is 30.7. The zero-order chi connectivity index (χ0) is 31.9. The van der Waals surface area contributed by atoms with Gasteiger partial charge in [-0.2, -0.15) is 10.2 Å². The van der Waals surface area contributed by atoms with E-state index in [1.165, 1.54) is 10.6 Å². The highest BCUT2D eigenvalue weighted by Crippen LogP contribution is 2.36. The lowest BCUT2D eigenvalue weighted by Gasteiger charge is -2.41. The number of piperazine rings is 1. The number of benzene rings is 2. The van der Waals surface area contributed by atoms with E-state index in [2.05, 4.69) is 16.0 Å². The summed E-state index contributed by atoms with van der Waals surface area (Å²) in [4.78, 5) is 39.8. The summed E-state index contributed by atoms with van der Waals surface area (Å²) in [7, 11) is 0. The van der Waals surface area contributed by atoms with Gasteiger partial charge in [0, 0.05) is 48.4 Å². The topological polar surface area (TPSA) is 104 Å². The summed E-state index contributed by atoms with van der Waals surface area (Å²) in [5, 5.41) is 10.8. The van der Waals surface area contributed by atoms with Gasteiger partial charge < -0.3 is 14.5 Å². The monoisotopic (exact) mass is 596 g/mol. The molecule has 2 aromatic heterocycles. The van der Waals surface area contributed by atoms with Crippen LogP contribution in [0.4, 0.5) is 15.0 Å². The number of carbonyl (C=O) groups excluding carboxylic acids is 1. The lowest BCUT2D eigenvalue weighted by molar-refractivity contribution is 0.0218. The lowest BCUT2D eigenvalue weighted by Crippen LogP contribution is -2.55. The Morgan fingerprint density at radius 2 is 1.86 bits per heavy atom. The van der Waals surface area contributed by atoms with Gasteiger partial charge in [0.05, 0.1) is 28.5 Å². The van der Waals surface area contributed by atoms with Crippen LogP contribution in [-0.2, 0) is 4.74 Å². The molecule has 1 amide bonds. The number of amides is 1. The maximum atomic E-state index is 15.1. The van der Waals surface area contributed by atoms with E-state index >= 15 is 4.39 Å². The number of hydrogen-bond donors (Lipinski definition) is 0. The van der Waals surface area contributed by atoms with Crippen molar-refractivity contribution in [1.29, 1.82) is 5.26 Å². The molecule has 2 aromatic carbocycles. The molecule has 5 rings (SSSR count). The third-order valence-electron chi connectivity index (χ3n) is 7.77. The van der Waals surface area contributed by atoms with Crippen LogP contribution in [0.2, 0.25) is 0 Å². The number of ether oxygens (including phenoxy) is 1. The van der Waals surface area contributed by atoms with Crippen LogP contribution in [0.5, 0.6) is 0 Å². The van der Waals surface area contributed by atoms with Gasteiger partial charge in [-0.3, -0.25) is 9.55 Å². The molecule has 1 fully saturated rings. The fourth-order valence-electron chi connectivity index (χ4n) is 5.74. The van der Waals surface area contributed by atoms with Gasteiger partial charge in [-0.05, 0) is 70.4 Å². The molecule has 1 atom stereocenters. The fraction of sp³-hybridized carbons (Fsp3) is 0.382. The summed E-state index contributed by atoms with van der Waals surface area (Å²) >= 11 is 0. The van der Waals surface area contributed by atoms with Crippen LogP contribution < -0.4 is 10.6 Å². The summed E-state index contributed by atoms with van der Waals surface area (Å²) in [5.74, 6) is -0.0717. The van der Waals surface area contributed by atoms with Crippen molar-refractivity contribution in [1.82, 2.24) is 19.4 Å². The molecule has 0 radical (unpaired) electrons. The third kappa shape index (κ3) is 5.74. The van der Waals surface area contributed by atoms with Crippen LogP contribution >= 0.6 is 0 Å². The highest BCUT2D eigenvalue weighted by molar-refractivity contribution is 5.96. The predicted octanol–water partition coefficient (Wildman–Crippen LogP) is 6.34. The number of carbonyl (C=O) groups is 1. The molecule has 9 nitrogen and oxygen atoms in total. The molecule has 3 heterocycles. The van der Waals surface area contributed by atoms with Gasteiger partial charge in [-0.25, -0.2) is 14.0 Å². The van der Waals surface area contributed by atoms with E-state index in [0.717, 1.165) is 11.3 Å². The molecule has 10 heteroatoms. The second kappa shape index (κ2) is 11.7. The summed E-state index contributed by atoms with van der Waals surface area (Å²) in [6, 6.07) is 13.5. The van der Waals surface area contributed by atoms with Gasteiger partial charge >= 0.3 is 11.8 Å². The van der Waals surface area contributed by atoms with Crippen molar-refractivity contribution in [2.24, 2.45) is 0 Å². The Morgan fingerprint density at radius 3 is 2.50 bits per heavy atom. The van der Waals surface area contributed by atoms with Crippen LogP contribution in [0.15, 0.2) is 53.5 Å². The Labute approximate surface area is 256 Å². The molecule has 0 aliphatic carbocycles. The van der Waals surface area contributed by atoms with Crippen LogP contribution in [0, 0.1) is 24.1 Å². The van der Waals surface area contributed by atoms with Crippen molar-refractivity contribution in [2.75, 3.05) is 24.5 Å². The van der Waals surface area contributed by atoms with E-state index in [9.17, 15) is 14.9 Å². The number of pyridine rings is 1. The maximum Gasteiger partial charge on any atom is 0.410 e. The summed E-state index contributed by atoms with van der Waals surface area (Å²) in [6.07, 6.45) is 1.32. The Morgan fingerprint density at radius 1 is 1.14 bits per heavy atom. The van der Waals surface area contributed by atoms with Crippen LogP contribution in [-0.4, -0.2) is 56.8 Å². The Hall–Kier alpha value is -4.78. The first-order valence-corrected chi connectivity index (χ1v) is 14.8. The standard InChI is InChI=1S/C34H37FN6O3/c1-20(2)29-30(21(3)12-13-37-29)41-28-17-25(24-10-8-9-11-27(24)35)23(18-36)16-26(28)31(38-32(41)42)40-15-14-39(19-22(40)4)33(43)44-34(5,6)7/h8-13,16-17,20,22H,14-15,19H2,1-7H3/t22-/m0/s1. The minimum Gasteiger partial charge on any atom is -0.444 e. The maximum absolute atomic E-state index is 15.1. The quantitative estimate of drug-likeness (QED) is 0.271. The van der Waals surface area contributed by atoms with E-state index in [1.54, 1.807) is 41.4 Å². The number of anilines is 1. The van der Waals surface area contributed by atoms with Crippen molar-refractivity contribution in [3.8, 4) is 22.9 Å². The molecular weight excluding hydrogens is 559 g/mol. The number of nitriles is 1. The molecule has 0 spiro atoms. The molecular formula is C34H37FN6O3. The average Bonchev–Trinajstić information content (AvgIpc) is 2.96.